The number of nitrogen functional groups attached to an aromatic ring is 1. The molecule has 0 saturated carbocycles. The molecular weight excluding hydrogens is 275 g/mol. The van der Waals surface area contributed by atoms with E-state index in [1.54, 1.807) is 0 Å². The van der Waals surface area contributed by atoms with E-state index >= 15 is 0 Å². The molecular formula is C11H13FN2O4S. The molecule has 1 aliphatic rings. The van der Waals surface area contributed by atoms with Crippen molar-refractivity contribution in [3.05, 3.63) is 23.5 Å². The summed E-state index contributed by atoms with van der Waals surface area (Å²) in [6.07, 6.45) is 0.421. The summed E-state index contributed by atoms with van der Waals surface area (Å²) in [5, 5.41) is 11.6. The molecule has 0 aliphatic carbocycles. The van der Waals surface area contributed by atoms with Crippen LogP contribution < -0.4 is 11.1 Å². The Balaban J connectivity index is 2.22. The largest absolute Gasteiger partial charge is 0.478 e. The average Bonchev–Trinajstić information content (AvgIpc) is 2.62. The third-order valence-corrected chi connectivity index (χ3v) is 4.73. The fourth-order valence-electron chi connectivity index (χ4n) is 2.01. The highest BCUT2D eigenvalue weighted by molar-refractivity contribution is 7.91. The number of benzene rings is 1. The van der Waals surface area contributed by atoms with Gasteiger partial charge in [0, 0.05) is 6.04 Å². The van der Waals surface area contributed by atoms with Gasteiger partial charge in [-0.25, -0.2) is 17.6 Å². The van der Waals surface area contributed by atoms with Crippen LogP contribution in [0.2, 0.25) is 0 Å². The van der Waals surface area contributed by atoms with E-state index in [2.05, 4.69) is 5.32 Å². The summed E-state index contributed by atoms with van der Waals surface area (Å²) in [7, 11) is -3.05. The summed E-state index contributed by atoms with van der Waals surface area (Å²) in [5.74, 6) is -2.26. The molecule has 1 saturated heterocycles. The number of nitrogens with one attached hydrogen (secondary N) is 1. The fraction of sp³-hybridized carbons (Fsp3) is 0.364. The third kappa shape index (κ3) is 2.95. The second-order valence-corrected chi connectivity index (χ2v) is 6.70. The molecule has 1 aromatic carbocycles. The number of carboxylic acids is 1. The average molecular weight is 288 g/mol. The molecule has 1 aromatic rings. The quantitative estimate of drug-likeness (QED) is 0.706. The topological polar surface area (TPSA) is 109 Å². The smallest absolute Gasteiger partial charge is 0.338 e. The SMILES string of the molecule is Nc1cc(C(=O)O)c(F)cc1NC1CCS(=O)(=O)C1. The number of rotatable bonds is 3. The lowest BCUT2D eigenvalue weighted by Gasteiger charge is -2.15. The molecule has 6 nitrogen and oxygen atoms in total. The van der Waals surface area contributed by atoms with Crippen LogP contribution in [0.5, 0.6) is 0 Å². The van der Waals surface area contributed by atoms with E-state index in [4.69, 9.17) is 10.8 Å². The van der Waals surface area contributed by atoms with Crippen LogP contribution >= 0.6 is 0 Å². The van der Waals surface area contributed by atoms with Gasteiger partial charge < -0.3 is 16.2 Å². The molecule has 0 radical (unpaired) electrons. The number of carbonyl (C=O) groups is 1. The molecule has 4 N–H and O–H groups in total. The maximum absolute atomic E-state index is 13.5. The minimum Gasteiger partial charge on any atom is -0.478 e. The van der Waals surface area contributed by atoms with E-state index < -0.39 is 27.2 Å². The van der Waals surface area contributed by atoms with Gasteiger partial charge in [0.15, 0.2) is 9.84 Å². The fourth-order valence-corrected chi connectivity index (χ4v) is 3.68. The van der Waals surface area contributed by atoms with E-state index in [0.29, 0.717) is 6.42 Å². The monoisotopic (exact) mass is 288 g/mol. The molecule has 2 rings (SSSR count). The Labute approximate surface area is 109 Å². The van der Waals surface area contributed by atoms with Gasteiger partial charge in [0.05, 0.1) is 28.4 Å². The molecule has 19 heavy (non-hydrogen) atoms. The zero-order chi connectivity index (χ0) is 14.2. The summed E-state index contributed by atoms with van der Waals surface area (Å²) in [6, 6.07) is 1.66. The Morgan fingerprint density at radius 3 is 2.68 bits per heavy atom. The normalized spacial score (nSPS) is 21.2. The van der Waals surface area contributed by atoms with Crippen molar-refractivity contribution in [1.82, 2.24) is 0 Å². The molecule has 0 amide bonds. The van der Waals surface area contributed by atoms with E-state index in [1.165, 1.54) is 0 Å². The lowest BCUT2D eigenvalue weighted by atomic mass is 10.1. The number of halogens is 1. The molecule has 0 aromatic heterocycles. The van der Waals surface area contributed by atoms with Crippen molar-refractivity contribution in [2.45, 2.75) is 12.5 Å². The van der Waals surface area contributed by atoms with Crippen LogP contribution in [0, 0.1) is 5.82 Å². The molecule has 8 heteroatoms. The molecule has 1 unspecified atom stereocenters. The van der Waals surface area contributed by atoms with Crippen molar-refractivity contribution in [1.29, 1.82) is 0 Å². The highest BCUT2D eigenvalue weighted by Crippen LogP contribution is 2.26. The number of sulfone groups is 1. The lowest BCUT2D eigenvalue weighted by Crippen LogP contribution is -2.21. The highest BCUT2D eigenvalue weighted by Gasteiger charge is 2.28. The van der Waals surface area contributed by atoms with Gasteiger partial charge in [-0.3, -0.25) is 0 Å². The lowest BCUT2D eigenvalue weighted by molar-refractivity contribution is 0.0692. The third-order valence-electron chi connectivity index (χ3n) is 2.96. The Morgan fingerprint density at radius 2 is 2.16 bits per heavy atom. The molecule has 0 spiro atoms. The number of aromatic carboxylic acids is 1. The second-order valence-electron chi connectivity index (χ2n) is 4.47. The minimum absolute atomic E-state index is 0.0330. The van der Waals surface area contributed by atoms with E-state index in [9.17, 15) is 17.6 Å². The minimum atomic E-state index is -3.05. The van der Waals surface area contributed by atoms with Crippen LogP contribution in [-0.4, -0.2) is 37.0 Å². The predicted molar refractivity (Wildman–Crippen MR) is 68.5 cm³/mol. The van der Waals surface area contributed by atoms with E-state index in [0.717, 1.165) is 12.1 Å². The van der Waals surface area contributed by atoms with Crippen LogP contribution in [0.4, 0.5) is 15.8 Å². The number of nitrogens with two attached hydrogens (primary N) is 1. The maximum atomic E-state index is 13.5. The first-order valence-electron chi connectivity index (χ1n) is 5.58. The molecule has 1 heterocycles. The molecule has 1 atom stereocenters. The van der Waals surface area contributed by atoms with Crippen molar-refractivity contribution < 1.29 is 22.7 Å². The van der Waals surface area contributed by atoms with Crippen molar-refractivity contribution in [2.75, 3.05) is 22.6 Å². The first kappa shape index (κ1) is 13.6. The van der Waals surface area contributed by atoms with Gasteiger partial charge in [-0.1, -0.05) is 0 Å². The number of hydrogen-bond donors (Lipinski definition) is 3. The van der Waals surface area contributed by atoms with Gasteiger partial charge in [-0.15, -0.1) is 0 Å². The highest BCUT2D eigenvalue weighted by atomic mass is 32.2. The van der Waals surface area contributed by atoms with Crippen LogP contribution in [0.25, 0.3) is 0 Å². The maximum Gasteiger partial charge on any atom is 0.338 e. The summed E-state index contributed by atoms with van der Waals surface area (Å²) in [6.45, 7) is 0. The van der Waals surface area contributed by atoms with Gasteiger partial charge in [0.2, 0.25) is 0 Å². The van der Waals surface area contributed by atoms with Gasteiger partial charge >= 0.3 is 5.97 Å². The van der Waals surface area contributed by atoms with E-state index in [1.807, 2.05) is 0 Å². The number of anilines is 2. The Hall–Kier alpha value is -1.83. The zero-order valence-corrected chi connectivity index (χ0v) is 10.7. The van der Waals surface area contributed by atoms with Crippen molar-refractivity contribution in [2.24, 2.45) is 0 Å². The zero-order valence-electron chi connectivity index (χ0n) is 9.89. The Morgan fingerprint density at radius 1 is 1.47 bits per heavy atom. The number of carboxylic acid groups (broad SMARTS) is 1. The van der Waals surface area contributed by atoms with Crippen LogP contribution in [0.3, 0.4) is 0 Å². The number of hydrogen-bond acceptors (Lipinski definition) is 5. The van der Waals surface area contributed by atoms with Crippen LogP contribution in [-0.2, 0) is 9.84 Å². The van der Waals surface area contributed by atoms with Crippen molar-refractivity contribution in [3.63, 3.8) is 0 Å². The second kappa shape index (κ2) is 4.69. The Kier molecular flexibility index (Phi) is 3.36. The molecule has 1 aliphatic heterocycles. The predicted octanol–water partition coefficient (Wildman–Crippen LogP) is 0.705. The summed E-state index contributed by atoms with van der Waals surface area (Å²) in [4.78, 5) is 10.7. The summed E-state index contributed by atoms with van der Waals surface area (Å²) in [5.41, 5.74) is 5.40. The van der Waals surface area contributed by atoms with Crippen LogP contribution in [0.15, 0.2) is 12.1 Å². The Bertz CT molecular complexity index is 630. The first-order chi connectivity index (χ1) is 8.78. The van der Waals surface area contributed by atoms with Crippen LogP contribution in [0.1, 0.15) is 16.8 Å². The summed E-state index contributed by atoms with van der Waals surface area (Å²) >= 11 is 0. The summed E-state index contributed by atoms with van der Waals surface area (Å²) < 4.78 is 36.1. The van der Waals surface area contributed by atoms with Gasteiger partial charge in [-0.05, 0) is 18.6 Å². The first-order valence-corrected chi connectivity index (χ1v) is 7.40. The van der Waals surface area contributed by atoms with Crippen molar-refractivity contribution in [3.8, 4) is 0 Å². The van der Waals surface area contributed by atoms with Crippen molar-refractivity contribution >= 4 is 27.2 Å². The standard InChI is InChI=1S/C11H13FN2O4S/c12-8-4-10(9(13)3-7(8)11(15)16)14-6-1-2-19(17,18)5-6/h3-4,6,14H,1-2,5,13H2,(H,15,16). The van der Waals surface area contributed by atoms with Gasteiger partial charge in [-0.2, -0.15) is 0 Å². The van der Waals surface area contributed by atoms with E-state index in [-0.39, 0.29) is 28.9 Å². The molecule has 1 fully saturated rings. The van der Waals surface area contributed by atoms with Gasteiger partial charge in [0.1, 0.15) is 5.82 Å². The molecule has 0 bridgehead atoms. The van der Waals surface area contributed by atoms with Gasteiger partial charge in [0.25, 0.3) is 0 Å². The molecule has 104 valence electrons.